The molecule has 19 heavy (non-hydrogen) atoms. The first-order chi connectivity index (χ1) is 8.60. The van der Waals surface area contributed by atoms with Crippen molar-refractivity contribution in [2.24, 2.45) is 11.3 Å². The molecule has 0 spiro atoms. The summed E-state index contributed by atoms with van der Waals surface area (Å²) in [4.78, 5) is 0. The Labute approximate surface area is 112 Å². The Morgan fingerprint density at radius 2 is 1.95 bits per heavy atom. The van der Waals surface area contributed by atoms with Gasteiger partial charge in [0, 0.05) is 19.3 Å². The Bertz CT molecular complexity index is 394. The molecule has 0 aliphatic carbocycles. The van der Waals surface area contributed by atoms with Crippen LogP contribution in [0.15, 0.2) is 12.4 Å². The summed E-state index contributed by atoms with van der Waals surface area (Å²) in [5.74, 6) is 0.553. The molecule has 0 saturated heterocycles. The maximum Gasteiger partial charge on any atom is 0.419 e. The van der Waals surface area contributed by atoms with Crippen molar-refractivity contribution in [1.29, 1.82) is 0 Å². The van der Waals surface area contributed by atoms with Crippen LogP contribution in [0.4, 0.5) is 13.2 Å². The molecule has 0 bridgehead atoms. The van der Waals surface area contributed by atoms with Crippen LogP contribution in [0.2, 0.25) is 0 Å². The quantitative estimate of drug-likeness (QED) is 0.865. The minimum Gasteiger partial charge on any atom is -0.316 e. The highest BCUT2D eigenvalue weighted by molar-refractivity contribution is 5.08. The van der Waals surface area contributed by atoms with Crippen LogP contribution in [0.5, 0.6) is 0 Å². The maximum atomic E-state index is 12.5. The summed E-state index contributed by atoms with van der Waals surface area (Å²) >= 11 is 0. The lowest BCUT2D eigenvalue weighted by Crippen LogP contribution is -2.35. The number of alkyl halides is 3. The maximum absolute atomic E-state index is 12.5. The largest absolute Gasteiger partial charge is 0.419 e. The van der Waals surface area contributed by atoms with Crippen molar-refractivity contribution >= 4 is 0 Å². The normalized spacial score (nSPS) is 13.3. The third kappa shape index (κ3) is 5.63. The highest BCUT2D eigenvalue weighted by Crippen LogP contribution is 2.29. The van der Waals surface area contributed by atoms with Crippen LogP contribution in [0.25, 0.3) is 0 Å². The van der Waals surface area contributed by atoms with E-state index >= 15 is 0 Å². The minimum absolute atomic E-state index is 0.149. The number of hydrogen-bond acceptors (Lipinski definition) is 2. The molecule has 0 saturated carbocycles. The lowest BCUT2D eigenvalue weighted by atomic mass is 9.93. The predicted octanol–water partition coefficient (Wildman–Crippen LogP) is 3.17. The summed E-state index contributed by atoms with van der Waals surface area (Å²) in [7, 11) is 0. The van der Waals surface area contributed by atoms with Gasteiger partial charge < -0.3 is 5.32 Å². The third-order valence-electron chi connectivity index (χ3n) is 2.71. The van der Waals surface area contributed by atoms with E-state index in [-0.39, 0.29) is 5.41 Å². The fraction of sp³-hybridized carbons (Fsp3) is 0.769. The van der Waals surface area contributed by atoms with Crippen LogP contribution in [0.3, 0.4) is 0 Å². The summed E-state index contributed by atoms with van der Waals surface area (Å²) in [6, 6.07) is 0. The van der Waals surface area contributed by atoms with Crippen LogP contribution in [0.1, 0.15) is 33.3 Å². The molecule has 0 aliphatic rings. The van der Waals surface area contributed by atoms with Gasteiger partial charge in [-0.15, -0.1) is 0 Å². The Balaban J connectivity index is 2.55. The summed E-state index contributed by atoms with van der Waals surface area (Å²) < 4.78 is 38.7. The monoisotopic (exact) mass is 277 g/mol. The molecule has 0 unspecified atom stereocenters. The molecule has 0 aliphatic heterocycles. The Morgan fingerprint density at radius 1 is 1.32 bits per heavy atom. The Hall–Kier alpha value is -1.04. The van der Waals surface area contributed by atoms with Gasteiger partial charge in [-0.2, -0.15) is 18.3 Å². The molecule has 0 aromatic carbocycles. The van der Waals surface area contributed by atoms with E-state index in [2.05, 4.69) is 24.3 Å². The first kappa shape index (κ1) is 16.0. The second-order valence-corrected chi connectivity index (χ2v) is 6.11. The molecule has 0 amide bonds. The minimum atomic E-state index is -4.32. The van der Waals surface area contributed by atoms with Gasteiger partial charge in [0.15, 0.2) is 0 Å². The van der Waals surface area contributed by atoms with Gasteiger partial charge in [-0.1, -0.05) is 27.7 Å². The molecular weight excluding hydrogens is 255 g/mol. The molecule has 1 aromatic rings. The summed E-state index contributed by atoms with van der Waals surface area (Å²) in [5.41, 5.74) is -0.845. The van der Waals surface area contributed by atoms with Crippen LogP contribution in [-0.2, 0) is 12.7 Å². The number of rotatable bonds is 6. The third-order valence-corrected chi connectivity index (χ3v) is 2.71. The van der Waals surface area contributed by atoms with Gasteiger partial charge in [0.05, 0.1) is 11.8 Å². The molecule has 1 rings (SSSR count). The predicted molar refractivity (Wildman–Crippen MR) is 68.7 cm³/mol. The van der Waals surface area contributed by atoms with Crippen molar-refractivity contribution in [3.05, 3.63) is 18.0 Å². The molecule has 1 heterocycles. The molecular formula is C13H22F3N3. The first-order valence-electron chi connectivity index (χ1n) is 6.40. The smallest absolute Gasteiger partial charge is 0.316 e. The molecule has 0 radical (unpaired) electrons. The van der Waals surface area contributed by atoms with Crippen molar-refractivity contribution in [3.63, 3.8) is 0 Å². The van der Waals surface area contributed by atoms with Crippen LogP contribution in [0, 0.1) is 11.3 Å². The van der Waals surface area contributed by atoms with Crippen molar-refractivity contribution in [2.75, 3.05) is 13.1 Å². The lowest BCUT2D eigenvalue weighted by molar-refractivity contribution is -0.137. The van der Waals surface area contributed by atoms with Crippen LogP contribution < -0.4 is 5.32 Å². The number of hydrogen-bond donors (Lipinski definition) is 1. The zero-order valence-electron chi connectivity index (χ0n) is 11.9. The average Bonchev–Trinajstić information content (AvgIpc) is 2.63. The van der Waals surface area contributed by atoms with Gasteiger partial charge in [0.25, 0.3) is 0 Å². The van der Waals surface area contributed by atoms with Gasteiger partial charge in [-0.05, 0) is 17.9 Å². The van der Waals surface area contributed by atoms with Crippen molar-refractivity contribution < 1.29 is 13.2 Å². The number of nitrogens with one attached hydrogen (secondary N) is 1. The Morgan fingerprint density at radius 3 is 2.42 bits per heavy atom. The molecule has 6 heteroatoms. The van der Waals surface area contributed by atoms with Gasteiger partial charge in [-0.25, -0.2) is 0 Å². The lowest BCUT2D eigenvalue weighted by Gasteiger charge is -2.25. The van der Waals surface area contributed by atoms with E-state index in [1.807, 2.05) is 13.8 Å². The SMILES string of the molecule is CC(C)CNCC(C)(C)Cn1cc(C(F)(F)F)cn1. The van der Waals surface area contributed by atoms with Gasteiger partial charge in [0.2, 0.25) is 0 Å². The Kier molecular flexibility index (Phi) is 5.01. The fourth-order valence-corrected chi connectivity index (χ4v) is 1.79. The number of halogens is 3. The standard InChI is InChI=1S/C13H22F3N3/c1-10(2)5-17-8-12(3,4)9-19-7-11(6-18-19)13(14,15)16/h6-7,10,17H,5,8-9H2,1-4H3. The fourth-order valence-electron chi connectivity index (χ4n) is 1.79. The van der Waals surface area contributed by atoms with E-state index in [0.717, 1.165) is 25.5 Å². The number of nitrogens with zero attached hydrogens (tertiary/aromatic N) is 2. The molecule has 1 aromatic heterocycles. The summed E-state index contributed by atoms with van der Waals surface area (Å²) in [6.45, 7) is 10.3. The van der Waals surface area contributed by atoms with Gasteiger partial charge in [0.1, 0.15) is 0 Å². The van der Waals surface area contributed by atoms with Crippen LogP contribution in [-0.4, -0.2) is 22.9 Å². The van der Waals surface area contributed by atoms with Crippen molar-refractivity contribution in [1.82, 2.24) is 15.1 Å². The zero-order valence-corrected chi connectivity index (χ0v) is 11.9. The molecule has 3 nitrogen and oxygen atoms in total. The highest BCUT2D eigenvalue weighted by atomic mass is 19.4. The van der Waals surface area contributed by atoms with E-state index in [0.29, 0.717) is 12.5 Å². The molecule has 1 N–H and O–H groups in total. The van der Waals surface area contributed by atoms with Crippen molar-refractivity contribution in [3.8, 4) is 0 Å². The molecule has 110 valence electrons. The first-order valence-corrected chi connectivity index (χ1v) is 6.40. The molecule has 0 atom stereocenters. The van der Waals surface area contributed by atoms with E-state index in [1.165, 1.54) is 4.68 Å². The second kappa shape index (κ2) is 5.94. The van der Waals surface area contributed by atoms with E-state index in [9.17, 15) is 13.2 Å². The molecule has 0 fully saturated rings. The highest BCUT2D eigenvalue weighted by Gasteiger charge is 2.32. The van der Waals surface area contributed by atoms with Crippen LogP contribution >= 0.6 is 0 Å². The zero-order chi connectivity index (χ0) is 14.7. The second-order valence-electron chi connectivity index (χ2n) is 6.11. The van der Waals surface area contributed by atoms with E-state index in [1.54, 1.807) is 0 Å². The van der Waals surface area contributed by atoms with Gasteiger partial charge in [-0.3, -0.25) is 4.68 Å². The number of aromatic nitrogens is 2. The average molecular weight is 277 g/mol. The van der Waals surface area contributed by atoms with E-state index < -0.39 is 11.7 Å². The van der Waals surface area contributed by atoms with Gasteiger partial charge >= 0.3 is 6.18 Å². The van der Waals surface area contributed by atoms with Crippen molar-refractivity contribution in [2.45, 2.75) is 40.4 Å². The van der Waals surface area contributed by atoms with E-state index in [4.69, 9.17) is 0 Å². The summed E-state index contributed by atoms with van der Waals surface area (Å²) in [6.07, 6.45) is -2.39. The summed E-state index contributed by atoms with van der Waals surface area (Å²) in [5, 5.41) is 7.10. The topological polar surface area (TPSA) is 29.9 Å².